The number of carbonyl (C=O) groups is 1. The van der Waals surface area contributed by atoms with Crippen LogP contribution in [0.1, 0.15) is 21.5 Å². The second-order valence-electron chi connectivity index (χ2n) is 9.63. The summed E-state index contributed by atoms with van der Waals surface area (Å²) in [5, 5.41) is 8.19. The molecular weight excluding hydrogens is 543 g/mol. The van der Waals surface area contributed by atoms with E-state index in [1.165, 1.54) is 0 Å². The first kappa shape index (κ1) is 27.6. The maximum atomic E-state index is 13.1. The van der Waals surface area contributed by atoms with Gasteiger partial charge in [-0.05, 0) is 79.8 Å². The summed E-state index contributed by atoms with van der Waals surface area (Å²) in [4.78, 5) is 24.6. The van der Waals surface area contributed by atoms with E-state index < -0.39 is 0 Å². The third-order valence-corrected chi connectivity index (χ3v) is 6.88. The number of fused-ring (bicyclic) bond motifs is 1. The number of hydrogen-bond donors (Lipinski definition) is 3. The highest BCUT2D eigenvalue weighted by molar-refractivity contribution is 6.36. The Labute approximate surface area is 243 Å². The van der Waals surface area contributed by atoms with Crippen molar-refractivity contribution in [3.05, 3.63) is 112 Å². The molecule has 5 aromatic rings. The fourth-order valence-electron chi connectivity index (χ4n) is 4.43. The Bertz CT molecular complexity index is 1690. The van der Waals surface area contributed by atoms with Gasteiger partial charge in [0.1, 0.15) is 0 Å². The van der Waals surface area contributed by atoms with E-state index in [0.29, 0.717) is 39.5 Å². The maximum Gasteiger partial charge on any atom is 0.255 e. The normalized spacial score (nSPS) is 11.2. The van der Waals surface area contributed by atoms with Crippen LogP contribution in [0.3, 0.4) is 0 Å². The number of hydrogen-bond acceptors (Lipinski definition) is 6. The van der Waals surface area contributed by atoms with E-state index in [0.717, 1.165) is 39.8 Å². The van der Waals surface area contributed by atoms with Gasteiger partial charge in [0.25, 0.3) is 5.91 Å². The molecule has 40 heavy (non-hydrogen) atoms. The second kappa shape index (κ2) is 12.0. The molecule has 0 atom stereocenters. The molecule has 1 amide bonds. The molecular formula is C31H28Cl2N6O. The molecule has 0 saturated heterocycles. The molecule has 1 heterocycles. The summed E-state index contributed by atoms with van der Waals surface area (Å²) in [6, 6.07) is 26.2. The van der Waals surface area contributed by atoms with Crippen LogP contribution in [0.25, 0.3) is 22.2 Å². The molecule has 202 valence electrons. The Hall–Kier alpha value is -4.01. The van der Waals surface area contributed by atoms with Gasteiger partial charge in [0.15, 0.2) is 0 Å². The molecule has 4 N–H and O–H groups in total. The van der Waals surface area contributed by atoms with Crippen molar-refractivity contribution in [2.45, 2.75) is 13.1 Å². The summed E-state index contributed by atoms with van der Waals surface area (Å²) in [5.41, 5.74) is 12.1. The van der Waals surface area contributed by atoms with E-state index in [2.05, 4.69) is 20.5 Å². The van der Waals surface area contributed by atoms with E-state index >= 15 is 0 Å². The number of amides is 1. The number of nitrogens with two attached hydrogens (primary N) is 1. The van der Waals surface area contributed by atoms with Crippen molar-refractivity contribution >= 4 is 57.3 Å². The van der Waals surface area contributed by atoms with Gasteiger partial charge in [0.05, 0.1) is 16.2 Å². The van der Waals surface area contributed by atoms with E-state index in [1.807, 2.05) is 74.8 Å². The molecule has 0 saturated carbocycles. The summed E-state index contributed by atoms with van der Waals surface area (Å²) >= 11 is 12.6. The Balaban J connectivity index is 1.38. The van der Waals surface area contributed by atoms with Crippen LogP contribution in [0.5, 0.6) is 0 Å². The van der Waals surface area contributed by atoms with Crippen molar-refractivity contribution in [3.8, 4) is 11.3 Å². The third-order valence-electron chi connectivity index (χ3n) is 6.33. The molecule has 0 aliphatic rings. The van der Waals surface area contributed by atoms with Gasteiger partial charge in [0, 0.05) is 46.0 Å². The number of nitrogens with zero attached hydrogens (tertiary/aromatic N) is 3. The molecule has 0 bridgehead atoms. The molecule has 0 radical (unpaired) electrons. The molecule has 0 aliphatic heterocycles. The Morgan fingerprint density at radius 2 is 1.70 bits per heavy atom. The molecule has 0 fully saturated rings. The lowest BCUT2D eigenvalue weighted by atomic mass is 10.1. The third kappa shape index (κ3) is 6.24. The minimum Gasteiger partial charge on any atom is -0.326 e. The standard InChI is InChI=1S/C31H28Cl2N6O/c1-39(2)18-19-7-8-21(17-34)28(15-19)36-30(40)20-9-12-23(13-10-20)35-31-37-27-6-4-3-5-25(27)29(38-31)24-14-11-22(32)16-26(24)33/h3-16H,17-18,34H2,1-2H3,(H,36,40)(H,35,37,38). The minimum atomic E-state index is -0.218. The molecule has 5 rings (SSSR count). The van der Waals surface area contributed by atoms with Crippen LogP contribution in [0.4, 0.5) is 17.3 Å². The minimum absolute atomic E-state index is 0.218. The largest absolute Gasteiger partial charge is 0.326 e. The SMILES string of the molecule is CN(C)Cc1ccc(CN)c(NC(=O)c2ccc(Nc3nc(-c4ccc(Cl)cc4Cl)c4ccccc4n3)cc2)c1. The Kier molecular flexibility index (Phi) is 8.28. The van der Waals surface area contributed by atoms with E-state index in [1.54, 1.807) is 24.3 Å². The van der Waals surface area contributed by atoms with Crippen molar-refractivity contribution in [1.82, 2.24) is 14.9 Å². The molecule has 4 aromatic carbocycles. The molecule has 9 heteroatoms. The van der Waals surface area contributed by atoms with Crippen molar-refractivity contribution in [1.29, 1.82) is 0 Å². The summed E-state index contributed by atoms with van der Waals surface area (Å²) in [6.45, 7) is 1.09. The molecule has 0 aliphatic carbocycles. The number of para-hydroxylation sites is 1. The Morgan fingerprint density at radius 1 is 0.925 bits per heavy atom. The van der Waals surface area contributed by atoms with Gasteiger partial charge in [-0.3, -0.25) is 4.79 Å². The van der Waals surface area contributed by atoms with Gasteiger partial charge < -0.3 is 21.3 Å². The highest BCUT2D eigenvalue weighted by atomic mass is 35.5. The average Bonchev–Trinajstić information content (AvgIpc) is 2.93. The van der Waals surface area contributed by atoms with E-state index in [9.17, 15) is 4.79 Å². The van der Waals surface area contributed by atoms with Crippen molar-refractivity contribution in [2.75, 3.05) is 24.7 Å². The van der Waals surface area contributed by atoms with Gasteiger partial charge in [-0.15, -0.1) is 0 Å². The lowest BCUT2D eigenvalue weighted by Crippen LogP contribution is -2.16. The highest BCUT2D eigenvalue weighted by Gasteiger charge is 2.14. The van der Waals surface area contributed by atoms with Gasteiger partial charge in [-0.25, -0.2) is 9.97 Å². The van der Waals surface area contributed by atoms with Crippen LogP contribution in [0, 0.1) is 0 Å². The first-order valence-corrected chi connectivity index (χ1v) is 13.4. The Morgan fingerprint density at radius 3 is 2.42 bits per heavy atom. The first-order valence-electron chi connectivity index (χ1n) is 12.7. The van der Waals surface area contributed by atoms with Crippen molar-refractivity contribution in [3.63, 3.8) is 0 Å². The van der Waals surface area contributed by atoms with Crippen LogP contribution in [-0.2, 0) is 13.1 Å². The number of anilines is 3. The fraction of sp³-hybridized carbons (Fsp3) is 0.129. The zero-order valence-electron chi connectivity index (χ0n) is 22.1. The zero-order valence-corrected chi connectivity index (χ0v) is 23.6. The smallest absolute Gasteiger partial charge is 0.255 e. The number of aromatic nitrogens is 2. The summed E-state index contributed by atoms with van der Waals surface area (Å²) in [5.74, 6) is 0.187. The van der Waals surface area contributed by atoms with Gasteiger partial charge in [-0.1, -0.05) is 53.5 Å². The fourth-order valence-corrected chi connectivity index (χ4v) is 4.93. The maximum absolute atomic E-state index is 13.1. The van der Waals surface area contributed by atoms with Crippen LogP contribution >= 0.6 is 23.2 Å². The molecule has 7 nitrogen and oxygen atoms in total. The van der Waals surface area contributed by atoms with E-state index in [-0.39, 0.29) is 5.91 Å². The van der Waals surface area contributed by atoms with Crippen LogP contribution < -0.4 is 16.4 Å². The van der Waals surface area contributed by atoms with Gasteiger partial charge >= 0.3 is 0 Å². The molecule has 1 aromatic heterocycles. The number of halogens is 2. The second-order valence-corrected chi connectivity index (χ2v) is 10.5. The van der Waals surface area contributed by atoms with Crippen LogP contribution in [-0.4, -0.2) is 34.9 Å². The zero-order chi connectivity index (χ0) is 28.2. The average molecular weight is 572 g/mol. The predicted molar refractivity (Wildman–Crippen MR) is 164 cm³/mol. The predicted octanol–water partition coefficient (Wildman–Crippen LogP) is 7.12. The number of benzene rings is 4. The highest BCUT2D eigenvalue weighted by Crippen LogP contribution is 2.34. The lowest BCUT2D eigenvalue weighted by Gasteiger charge is -2.15. The van der Waals surface area contributed by atoms with Crippen molar-refractivity contribution in [2.24, 2.45) is 5.73 Å². The monoisotopic (exact) mass is 570 g/mol. The van der Waals surface area contributed by atoms with Crippen molar-refractivity contribution < 1.29 is 4.79 Å². The van der Waals surface area contributed by atoms with E-state index in [4.69, 9.17) is 33.9 Å². The summed E-state index contributed by atoms with van der Waals surface area (Å²) in [7, 11) is 4.00. The topological polar surface area (TPSA) is 96.2 Å². The molecule has 0 spiro atoms. The number of carbonyl (C=O) groups excluding carboxylic acids is 1. The quantitative estimate of drug-likeness (QED) is 0.184. The van der Waals surface area contributed by atoms with Crippen LogP contribution in [0.2, 0.25) is 10.0 Å². The van der Waals surface area contributed by atoms with Gasteiger partial charge in [-0.2, -0.15) is 0 Å². The van der Waals surface area contributed by atoms with Crippen LogP contribution in [0.15, 0.2) is 84.9 Å². The summed E-state index contributed by atoms with van der Waals surface area (Å²) < 4.78 is 0. The molecule has 0 unspecified atom stereocenters. The lowest BCUT2D eigenvalue weighted by molar-refractivity contribution is 0.102. The first-order chi connectivity index (χ1) is 19.3. The van der Waals surface area contributed by atoms with Gasteiger partial charge in [0.2, 0.25) is 5.95 Å². The number of rotatable bonds is 8. The number of nitrogens with one attached hydrogen (secondary N) is 2. The summed E-state index contributed by atoms with van der Waals surface area (Å²) in [6.07, 6.45) is 0.